The van der Waals surface area contributed by atoms with Crippen molar-refractivity contribution in [3.05, 3.63) is 35.9 Å². The fourth-order valence-corrected chi connectivity index (χ4v) is 3.11. The number of hydrogen-bond acceptors (Lipinski definition) is 2. The lowest BCUT2D eigenvalue weighted by atomic mass is 9.87. The van der Waals surface area contributed by atoms with Crippen molar-refractivity contribution in [1.82, 2.24) is 4.90 Å². The van der Waals surface area contributed by atoms with Gasteiger partial charge in [-0.15, -0.1) is 0 Å². The summed E-state index contributed by atoms with van der Waals surface area (Å²) in [5, 5.41) is 0. The first kappa shape index (κ1) is 11.2. The van der Waals surface area contributed by atoms with Crippen LogP contribution in [0.5, 0.6) is 0 Å². The van der Waals surface area contributed by atoms with Crippen molar-refractivity contribution in [2.75, 3.05) is 19.7 Å². The highest BCUT2D eigenvalue weighted by Crippen LogP contribution is 2.29. The number of nitrogens with zero attached hydrogens (tertiary/aromatic N) is 1. The van der Waals surface area contributed by atoms with Gasteiger partial charge >= 0.3 is 0 Å². The first-order chi connectivity index (χ1) is 8.42. The van der Waals surface area contributed by atoms with Gasteiger partial charge in [0.25, 0.3) is 0 Å². The Labute approximate surface area is 104 Å². The highest BCUT2D eigenvalue weighted by Gasteiger charge is 2.31. The molecule has 0 saturated carbocycles. The zero-order valence-corrected chi connectivity index (χ0v) is 10.3. The van der Waals surface area contributed by atoms with Crippen LogP contribution in [0.3, 0.4) is 0 Å². The summed E-state index contributed by atoms with van der Waals surface area (Å²) in [5.41, 5.74) is 1.42. The third-order valence-corrected chi connectivity index (χ3v) is 4.08. The van der Waals surface area contributed by atoms with Crippen LogP contribution in [0.15, 0.2) is 30.3 Å². The molecule has 0 spiro atoms. The Morgan fingerprint density at radius 3 is 2.94 bits per heavy atom. The van der Waals surface area contributed by atoms with E-state index in [0.717, 1.165) is 25.6 Å². The van der Waals surface area contributed by atoms with Crippen molar-refractivity contribution in [3.63, 3.8) is 0 Å². The molecule has 2 fully saturated rings. The van der Waals surface area contributed by atoms with E-state index in [9.17, 15) is 0 Å². The molecule has 2 unspecified atom stereocenters. The van der Waals surface area contributed by atoms with Crippen LogP contribution in [0.1, 0.15) is 24.8 Å². The maximum atomic E-state index is 5.91. The van der Waals surface area contributed by atoms with Crippen LogP contribution in [0.2, 0.25) is 0 Å². The smallest absolute Gasteiger partial charge is 0.0730 e. The minimum atomic E-state index is 0.501. The van der Waals surface area contributed by atoms with Crippen molar-refractivity contribution in [2.24, 2.45) is 5.92 Å². The fraction of sp³-hybridized carbons (Fsp3) is 0.600. The normalized spacial score (nSPS) is 29.9. The molecule has 0 N–H and O–H groups in total. The van der Waals surface area contributed by atoms with Gasteiger partial charge in [0.1, 0.15) is 0 Å². The molecule has 2 saturated heterocycles. The van der Waals surface area contributed by atoms with Gasteiger partial charge < -0.3 is 4.74 Å². The number of likely N-dealkylation sites (tertiary alicyclic amines) is 1. The molecule has 2 heterocycles. The molecule has 17 heavy (non-hydrogen) atoms. The number of piperidine rings is 1. The summed E-state index contributed by atoms with van der Waals surface area (Å²) in [6, 6.07) is 10.8. The van der Waals surface area contributed by atoms with Crippen molar-refractivity contribution in [2.45, 2.75) is 31.9 Å². The molecular weight excluding hydrogens is 210 g/mol. The highest BCUT2D eigenvalue weighted by molar-refractivity contribution is 5.14. The second kappa shape index (κ2) is 5.19. The van der Waals surface area contributed by atoms with Crippen LogP contribution in [0.4, 0.5) is 0 Å². The van der Waals surface area contributed by atoms with Crippen molar-refractivity contribution >= 4 is 0 Å². The van der Waals surface area contributed by atoms with Crippen molar-refractivity contribution in [1.29, 1.82) is 0 Å². The molecular formula is C15H21NO. The fourth-order valence-electron chi connectivity index (χ4n) is 3.11. The predicted molar refractivity (Wildman–Crippen MR) is 68.8 cm³/mol. The Morgan fingerprint density at radius 2 is 2.06 bits per heavy atom. The summed E-state index contributed by atoms with van der Waals surface area (Å²) in [6.07, 6.45) is 4.46. The van der Waals surface area contributed by atoms with E-state index in [1.165, 1.54) is 31.4 Å². The molecule has 3 rings (SSSR count). The number of rotatable bonds is 2. The highest BCUT2D eigenvalue weighted by atomic mass is 16.5. The molecule has 2 atom stereocenters. The molecule has 2 aliphatic rings. The Hall–Kier alpha value is -0.860. The lowest BCUT2D eigenvalue weighted by Gasteiger charge is -2.41. The Bertz CT molecular complexity index is 351. The molecule has 1 aromatic rings. The van der Waals surface area contributed by atoms with Gasteiger partial charge in [-0.25, -0.2) is 0 Å². The second-order valence-electron chi connectivity index (χ2n) is 5.32. The first-order valence-electron chi connectivity index (χ1n) is 6.80. The van der Waals surface area contributed by atoms with Crippen LogP contribution >= 0.6 is 0 Å². The van der Waals surface area contributed by atoms with E-state index in [1.54, 1.807) is 0 Å². The molecule has 92 valence electrons. The lowest BCUT2D eigenvalue weighted by molar-refractivity contribution is -0.0707. The molecule has 2 nitrogen and oxygen atoms in total. The SMILES string of the molecule is c1ccc(CN2CCC3CCCOC3C2)cc1. The summed E-state index contributed by atoms with van der Waals surface area (Å²) in [7, 11) is 0. The summed E-state index contributed by atoms with van der Waals surface area (Å²) in [6.45, 7) is 4.41. The van der Waals surface area contributed by atoms with Gasteiger partial charge in [-0.2, -0.15) is 0 Å². The standard InChI is InChI=1S/C15H21NO/c1-2-5-13(6-3-1)11-16-9-8-14-7-4-10-17-15(14)12-16/h1-3,5-6,14-15H,4,7-12H2. The number of benzene rings is 1. The van der Waals surface area contributed by atoms with Crippen molar-refractivity contribution < 1.29 is 4.74 Å². The van der Waals surface area contributed by atoms with E-state index in [2.05, 4.69) is 35.2 Å². The van der Waals surface area contributed by atoms with Crippen LogP contribution < -0.4 is 0 Å². The second-order valence-corrected chi connectivity index (χ2v) is 5.32. The molecule has 0 amide bonds. The molecule has 1 aromatic carbocycles. The van der Waals surface area contributed by atoms with E-state index in [0.29, 0.717) is 6.10 Å². The van der Waals surface area contributed by atoms with Gasteiger partial charge in [0.05, 0.1) is 6.10 Å². The Kier molecular flexibility index (Phi) is 3.44. The summed E-state index contributed by atoms with van der Waals surface area (Å²) >= 11 is 0. The van der Waals surface area contributed by atoms with E-state index >= 15 is 0 Å². The van der Waals surface area contributed by atoms with E-state index < -0.39 is 0 Å². The minimum absolute atomic E-state index is 0.501. The topological polar surface area (TPSA) is 12.5 Å². The Morgan fingerprint density at radius 1 is 1.18 bits per heavy atom. The van der Waals surface area contributed by atoms with Gasteiger partial charge in [-0.3, -0.25) is 4.90 Å². The zero-order chi connectivity index (χ0) is 11.5. The molecule has 0 aromatic heterocycles. The minimum Gasteiger partial charge on any atom is -0.377 e. The maximum absolute atomic E-state index is 5.91. The van der Waals surface area contributed by atoms with E-state index in [-0.39, 0.29) is 0 Å². The lowest BCUT2D eigenvalue weighted by Crippen LogP contribution is -2.46. The molecule has 0 bridgehead atoms. The average Bonchev–Trinajstić information content (AvgIpc) is 2.40. The molecule has 2 heteroatoms. The van der Waals surface area contributed by atoms with Crippen LogP contribution in [-0.4, -0.2) is 30.7 Å². The summed E-state index contributed by atoms with van der Waals surface area (Å²) < 4.78 is 5.91. The van der Waals surface area contributed by atoms with E-state index in [1.807, 2.05) is 0 Å². The maximum Gasteiger partial charge on any atom is 0.0730 e. The van der Waals surface area contributed by atoms with Crippen molar-refractivity contribution in [3.8, 4) is 0 Å². The summed E-state index contributed by atoms with van der Waals surface area (Å²) in [5.74, 6) is 0.829. The van der Waals surface area contributed by atoms with Crippen LogP contribution in [0.25, 0.3) is 0 Å². The van der Waals surface area contributed by atoms with Crippen LogP contribution in [-0.2, 0) is 11.3 Å². The molecule has 0 aliphatic carbocycles. The van der Waals surface area contributed by atoms with Gasteiger partial charge in [-0.1, -0.05) is 30.3 Å². The average molecular weight is 231 g/mol. The number of fused-ring (bicyclic) bond motifs is 1. The third-order valence-electron chi connectivity index (χ3n) is 4.08. The van der Waals surface area contributed by atoms with Gasteiger partial charge in [0.2, 0.25) is 0 Å². The Balaban J connectivity index is 1.59. The molecule has 0 radical (unpaired) electrons. The van der Waals surface area contributed by atoms with Gasteiger partial charge in [-0.05, 0) is 37.3 Å². The van der Waals surface area contributed by atoms with Crippen LogP contribution in [0, 0.1) is 5.92 Å². The summed E-state index contributed by atoms with van der Waals surface area (Å²) in [4.78, 5) is 2.54. The van der Waals surface area contributed by atoms with Gasteiger partial charge in [0.15, 0.2) is 0 Å². The zero-order valence-electron chi connectivity index (χ0n) is 10.3. The monoisotopic (exact) mass is 231 g/mol. The third kappa shape index (κ3) is 2.70. The number of hydrogen-bond donors (Lipinski definition) is 0. The van der Waals surface area contributed by atoms with E-state index in [4.69, 9.17) is 4.74 Å². The number of ether oxygens (including phenoxy) is 1. The largest absolute Gasteiger partial charge is 0.377 e. The predicted octanol–water partition coefficient (Wildman–Crippen LogP) is 2.69. The quantitative estimate of drug-likeness (QED) is 0.776. The first-order valence-corrected chi connectivity index (χ1v) is 6.80. The van der Waals surface area contributed by atoms with Gasteiger partial charge in [0, 0.05) is 19.7 Å². The molecule has 2 aliphatic heterocycles.